The molecule has 1 atom stereocenters. The van der Waals surface area contributed by atoms with Gasteiger partial charge in [0.25, 0.3) is 0 Å². The topological polar surface area (TPSA) is 37.8 Å². The average molecular weight is 268 g/mol. The lowest BCUT2D eigenvalue weighted by atomic mass is 10.2. The first-order valence-corrected chi connectivity index (χ1v) is 5.62. The Hall–Kier alpha value is -1.04. The molecule has 1 N–H and O–H groups in total. The summed E-state index contributed by atoms with van der Waals surface area (Å²) in [6.45, 7) is 2.50. The summed E-state index contributed by atoms with van der Waals surface area (Å²) in [5.41, 5.74) is -0.988. The van der Waals surface area contributed by atoms with Crippen LogP contribution >= 0.6 is 11.6 Å². The van der Waals surface area contributed by atoms with E-state index in [-0.39, 0.29) is 5.38 Å². The van der Waals surface area contributed by atoms with E-state index in [0.717, 1.165) is 18.9 Å². The van der Waals surface area contributed by atoms with Crippen LogP contribution in [-0.2, 0) is 6.18 Å². The third kappa shape index (κ3) is 5.21. The molecule has 0 aromatic carbocycles. The van der Waals surface area contributed by atoms with E-state index in [1.807, 2.05) is 6.92 Å². The Bertz CT molecular complexity index is 338. The highest BCUT2D eigenvalue weighted by atomic mass is 35.5. The fourth-order valence-electron chi connectivity index (χ4n) is 1.18. The summed E-state index contributed by atoms with van der Waals surface area (Å²) in [5, 5.41) is 9.52. The maximum Gasteiger partial charge on any atom is 0.435 e. The summed E-state index contributed by atoms with van der Waals surface area (Å²) in [4.78, 5) is 0. The highest BCUT2D eigenvalue weighted by Gasteiger charge is 2.32. The number of nitrogens with zero attached hydrogens (tertiary/aromatic N) is 2. The molecule has 3 nitrogen and oxygen atoms in total. The van der Waals surface area contributed by atoms with Gasteiger partial charge in [-0.05, 0) is 31.9 Å². The van der Waals surface area contributed by atoms with Crippen molar-refractivity contribution in [2.24, 2.45) is 0 Å². The van der Waals surface area contributed by atoms with Crippen molar-refractivity contribution in [3.63, 3.8) is 0 Å². The molecule has 0 aliphatic carbocycles. The van der Waals surface area contributed by atoms with Crippen LogP contribution in [0.2, 0.25) is 0 Å². The summed E-state index contributed by atoms with van der Waals surface area (Å²) in [5.74, 6) is 0.334. The SMILES string of the molecule is CC(Cl)CCCNc1ccc(C(F)(F)F)nn1. The minimum absolute atomic E-state index is 0.0930. The van der Waals surface area contributed by atoms with Crippen molar-refractivity contribution in [1.82, 2.24) is 10.2 Å². The first-order valence-electron chi connectivity index (χ1n) is 5.18. The standard InChI is InChI=1S/C10H13ClF3N3/c1-7(11)3-2-6-15-9-5-4-8(16-17-9)10(12,13)14/h4-5,7H,2-3,6H2,1H3,(H,15,17). The molecule has 0 fully saturated rings. The largest absolute Gasteiger partial charge is 0.435 e. The molecule has 0 radical (unpaired) electrons. The van der Waals surface area contributed by atoms with Crippen molar-refractivity contribution in [1.29, 1.82) is 0 Å². The normalized spacial score (nSPS) is 13.5. The van der Waals surface area contributed by atoms with E-state index in [2.05, 4.69) is 15.5 Å². The van der Waals surface area contributed by atoms with Gasteiger partial charge in [-0.2, -0.15) is 13.2 Å². The fraction of sp³-hybridized carbons (Fsp3) is 0.600. The Morgan fingerprint density at radius 1 is 1.35 bits per heavy atom. The van der Waals surface area contributed by atoms with Gasteiger partial charge in [0.1, 0.15) is 5.82 Å². The van der Waals surface area contributed by atoms with Crippen LogP contribution in [0.4, 0.5) is 19.0 Å². The van der Waals surface area contributed by atoms with Crippen molar-refractivity contribution < 1.29 is 13.2 Å². The van der Waals surface area contributed by atoms with Crippen molar-refractivity contribution in [3.05, 3.63) is 17.8 Å². The highest BCUT2D eigenvalue weighted by molar-refractivity contribution is 6.20. The molecule has 0 amide bonds. The molecule has 0 bridgehead atoms. The molecule has 0 aliphatic heterocycles. The molecule has 1 aromatic rings. The Morgan fingerprint density at radius 2 is 2.06 bits per heavy atom. The Balaban J connectivity index is 2.41. The van der Waals surface area contributed by atoms with E-state index in [1.165, 1.54) is 6.07 Å². The van der Waals surface area contributed by atoms with Gasteiger partial charge in [-0.1, -0.05) is 0 Å². The zero-order valence-corrected chi connectivity index (χ0v) is 10.0. The minimum Gasteiger partial charge on any atom is -0.369 e. The van der Waals surface area contributed by atoms with Crippen molar-refractivity contribution in [2.75, 3.05) is 11.9 Å². The van der Waals surface area contributed by atoms with Crippen molar-refractivity contribution in [2.45, 2.75) is 31.3 Å². The number of hydrogen-bond acceptors (Lipinski definition) is 3. The predicted molar refractivity (Wildman–Crippen MR) is 60.1 cm³/mol. The lowest BCUT2D eigenvalue weighted by molar-refractivity contribution is -0.141. The fourth-order valence-corrected chi connectivity index (χ4v) is 1.33. The van der Waals surface area contributed by atoms with Gasteiger partial charge in [-0.15, -0.1) is 21.8 Å². The maximum absolute atomic E-state index is 12.2. The van der Waals surface area contributed by atoms with Crippen molar-refractivity contribution >= 4 is 17.4 Å². The van der Waals surface area contributed by atoms with E-state index in [4.69, 9.17) is 11.6 Å². The molecule has 1 aromatic heterocycles. The smallest absolute Gasteiger partial charge is 0.369 e. The molecule has 17 heavy (non-hydrogen) atoms. The molecule has 1 unspecified atom stereocenters. The van der Waals surface area contributed by atoms with Gasteiger partial charge in [0.05, 0.1) is 0 Å². The van der Waals surface area contributed by atoms with Crippen LogP contribution < -0.4 is 5.32 Å². The number of nitrogens with one attached hydrogen (secondary N) is 1. The van der Waals surface area contributed by atoms with E-state index < -0.39 is 11.9 Å². The van der Waals surface area contributed by atoms with Gasteiger partial charge < -0.3 is 5.32 Å². The van der Waals surface area contributed by atoms with Gasteiger partial charge in [-0.25, -0.2) is 0 Å². The maximum atomic E-state index is 12.2. The average Bonchev–Trinajstić information content (AvgIpc) is 2.23. The highest BCUT2D eigenvalue weighted by Crippen LogP contribution is 2.26. The van der Waals surface area contributed by atoms with E-state index >= 15 is 0 Å². The van der Waals surface area contributed by atoms with Crippen LogP contribution in [0, 0.1) is 0 Å². The summed E-state index contributed by atoms with van der Waals surface area (Å²) in [6.07, 6.45) is -2.78. The number of alkyl halides is 4. The molecular formula is C10H13ClF3N3. The van der Waals surface area contributed by atoms with E-state index in [0.29, 0.717) is 12.4 Å². The second kappa shape index (κ2) is 6.05. The molecule has 1 heterocycles. The second-order valence-corrected chi connectivity index (χ2v) is 4.40. The Morgan fingerprint density at radius 3 is 2.53 bits per heavy atom. The molecule has 96 valence electrons. The first kappa shape index (κ1) is 14.0. The first-order chi connectivity index (χ1) is 7.89. The summed E-state index contributed by atoms with van der Waals surface area (Å²) in [7, 11) is 0. The zero-order chi connectivity index (χ0) is 12.9. The van der Waals surface area contributed by atoms with Crippen LogP contribution in [0.5, 0.6) is 0 Å². The third-order valence-corrected chi connectivity index (χ3v) is 2.26. The zero-order valence-electron chi connectivity index (χ0n) is 9.26. The Labute approximate surface area is 102 Å². The van der Waals surface area contributed by atoms with E-state index in [1.54, 1.807) is 0 Å². The van der Waals surface area contributed by atoms with Crippen LogP contribution in [0.25, 0.3) is 0 Å². The monoisotopic (exact) mass is 267 g/mol. The third-order valence-electron chi connectivity index (χ3n) is 2.04. The number of hydrogen-bond donors (Lipinski definition) is 1. The van der Waals surface area contributed by atoms with Gasteiger partial charge >= 0.3 is 6.18 Å². The van der Waals surface area contributed by atoms with Crippen LogP contribution in [0.15, 0.2) is 12.1 Å². The van der Waals surface area contributed by atoms with Crippen LogP contribution in [0.1, 0.15) is 25.5 Å². The predicted octanol–water partition coefficient (Wildman–Crippen LogP) is 3.31. The van der Waals surface area contributed by atoms with Gasteiger partial charge in [0, 0.05) is 11.9 Å². The number of anilines is 1. The molecule has 0 aliphatic rings. The van der Waals surface area contributed by atoms with Gasteiger partial charge in [0.15, 0.2) is 5.69 Å². The second-order valence-electron chi connectivity index (χ2n) is 3.65. The van der Waals surface area contributed by atoms with Crippen LogP contribution in [-0.4, -0.2) is 22.1 Å². The molecule has 0 spiro atoms. The lowest BCUT2D eigenvalue weighted by Crippen LogP contribution is -2.11. The van der Waals surface area contributed by atoms with Crippen LogP contribution in [0.3, 0.4) is 0 Å². The molecule has 0 saturated carbocycles. The van der Waals surface area contributed by atoms with E-state index in [9.17, 15) is 13.2 Å². The molecule has 0 saturated heterocycles. The van der Waals surface area contributed by atoms with Gasteiger partial charge in [0.2, 0.25) is 0 Å². The Kier molecular flexibility index (Phi) is 4.99. The summed E-state index contributed by atoms with van der Waals surface area (Å²) in [6, 6.07) is 2.17. The molecule has 7 heteroatoms. The molecular weight excluding hydrogens is 255 g/mol. The van der Waals surface area contributed by atoms with Crippen molar-refractivity contribution in [3.8, 4) is 0 Å². The number of halogens is 4. The quantitative estimate of drug-likeness (QED) is 0.657. The summed E-state index contributed by atoms with van der Waals surface area (Å²) >= 11 is 5.75. The number of rotatable bonds is 5. The summed E-state index contributed by atoms with van der Waals surface area (Å²) < 4.78 is 36.5. The lowest BCUT2D eigenvalue weighted by Gasteiger charge is -2.07. The number of aromatic nitrogens is 2. The minimum atomic E-state index is -4.44. The molecule has 1 rings (SSSR count). The van der Waals surface area contributed by atoms with Gasteiger partial charge in [-0.3, -0.25) is 0 Å².